The predicted molar refractivity (Wildman–Crippen MR) is 101 cm³/mol. The summed E-state index contributed by atoms with van der Waals surface area (Å²) in [5.41, 5.74) is 2.43. The van der Waals surface area contributed by atoms with Gasteiger partial charge in [0.2, 0.25) is 0 Å². The van der Waals surface area contributed by atoms with E-state index in [-0.39, 0.29) is 23.5 Å². The minimum Gasteiger partial charge on any atom is -0.378 e. The van der Waals surface area contributed by atoms with Gasteiger partial charge in [-0.2, -0.15) is 0 Å². The summed E-state index contributed by atoms with van der Waals surface area (Å²) >= 11 is 7.51. The van der Waals surface area contributed by atoms with Crippen molar-refractivity contribution in [3.8, 4) is 0 Å². The zero-order valence-electron chi connectivity index (χ0n) is 14.0. The number of fused-ring (bicyclic) bond motifs is 2. The Kier molecular flexibility index (Phi) is 4.58. The van der Waals surface area contributed by atoms with E-state index in [1.165, 1.54) is 16.9 Å². The van der Waals surface area contributed by atoms with E-state index in [1.807, 2.05) is 11.4 Å². The normalized spacial score (nSPS) is 24.2. The highest BCUT2D eigenvalue weighted by molar-refractivity contribution is 7.12. The Morgan fingerprint density at radius 1 is 1.32 bits per heavy atom. The molecule has 6 heteroatoms. The first-order chi connectivity index (χ1) is 12.2. The predicted octanol–water partition coefficient (Wildman–Crippen LogP) is 3.52. The molecule has 2 N–H and O–H groups in total. The highest BCUT2D eigenvalue weighted by atomic mass is 35.5. The van der Waals surface area contributed by atoms with Crippen LogP contribution in [0.1, 0.15) is 39.7 Å². The Bertz CT molecular complexity index is 785. The monoisotopic (exact) mass is 376 g/mol. The second-order valence-corrected chi connectivity index (χ2v) is 8.02. The molecular formula is C19H21ClN2O2S. The average Bonchev–Trinajstić information content (AvgIpc) is 3.17. The van der Waals surface area contributed by atoms with Crippen molar-refractivity contribution in [2.45, 2.75) is 30.4 Å². The summed E-state index contributed by atoms with van der Waals surface area (Å²) in [6.07, 6.45) is 1.94. The quantitative estimate of drug-likeness (QED) is 0.861. The lowest BCUT2D eigenvalue weighted by atomic mass is 9.72. The molecule has 1 aliphatic carbocycles. The van der Waals surface area contributed by atoms with E-state index >= 15 is 0 Å². The van der Waals surface area contributed by atoms with Gasteiger partial charge in [0, 0.05) is 12.5 Å². The van der Waals surface area contributed by atoms with Gasteiger partial charge >= 0.3 is 0 Å². The minimum atomic E-state index is -0.162. The van der Waals surface area contributed by atoms with Crippen LogP contribution in [0.5, 0.6) is 0 Å². The first-order valence-electron chi connectivity index (χ1n) is 8.54. The third kappa shape index (κ3) is 2.70. The van der Waals surface area contributed by atoms with E-state index in [4.69, 9.17) is 16.3 Å². The van der Waals surface area contributed by atoms with Crippen LogP contribution in [0.4, 0.5) is 0 Å². The van der Waals surface area contributed by atoms with Crippen molar-refractivity contribution in [2.24, 2.45) is 0 Å². The van der Waals surface area contributed by atoms with Crippen LogP contribution in [0.2, 0.25) is 5.02 Å². The summed E-state index contributed by atoms with van der Waals surface area (Å²) in [6.45, 7) is 1.93. The van der Waals surface area contributed by atoms with Crippen LogP contribution in [0, 0.1) is 0 Å². The molecule has 2 atom stereocenters. The van der Waals surface area contributed by atoms with Crippen molar-refractivity contribution >= 4 is 28.8 Å². The molecule has 1 saturated heterocycles. The van der Waals surface area contributed by atoms with Gasteiger partial charge in [-0.3, -0.25) is 4.79 Å². The molecule has 1 spiro atoms. The number of amides is 1. The van der Waals surface area contributed by atoms with Crippen LogP contribution in [-0.2, 0) is 10.2 Å². The third-order valence-electron chi connectivity index (χ3n) is 5.54. The number of hydrogen-bond acceptors (Lipinski definition) is 4. The zero-order chi connectivity index (χ0) is 17.4. The van der Waals surface area contributed by atoms with Gasteiger partial charge in [-0.1, -0.05) is 35.9 Å². The van der Waals surface area contributed by atoms with Gasteiger partial charge in [0.05, 0.1) is 17.2 Å². The molecule has 1 fully saturated rings. The van der Waals surface area contributed by atoms with E-state index in [0.717, 1.165) is 31.5 Å². The summed E-state index contributed by atoms with van der Waals surface area (Å²) < 4.78 is 5.98. The Hall–Kier alpha value is -1.40. The molecule has 4 rings (SSSR count). The Morgan fingerprint density at radius 3 is 2.76 bits per heavy atom. The SMILES string of the molecule is CO[C@H]1[C@H](NC(=O)c2sccc2Cl)c2ccccc2C12CCNCC2. The second kappa shape index (κ2) is 6.72. The molecular weight excluding hydrogens is 356 g/mol. The second-order valence-electron chi connectivity index (χ2n) is 6.70. The van der Waals surface area contributed by atoms with Crippen LogP contribution < -0.4 is 10.6 Å². The molecule has 25 heavy (non-hydrogen) atoms. The van der Waals surface area contributed by atoms with Crippen molar-refractivity contribution in [1.82, 2.24) is 10.6 Å². The van der Waals surface area contributed by atoms with Crippen LogP contribution >= 0.6 is 22.9 Å². The number of rotatable bonds is 3. The highest BCUT2D eigenvalue weighted by Gasteiger charge is 2.53. The largest absolute Gasteiger partial charge is 0.378 e. The van der Waals surface area contributed by atoms with Gasteiger partial charge in [-0.05, 0) is 48.5 Å². The number of carbonyl (C=O) groups excluding carboxylic acids is 1. The van der Waals surface area contributed by atoms with Crippen molar-refractivity contribution < 1.29 is 9.53 Å². The maximum Gasteiger partial charge on any atom is 0.263 e. The van der Waals surface area contributed by atoms with Gasteiger partial charge in [0.1, 0.15) is 4.88 Å². The lowest BCUT2D eigenvalue weighted by Crippen LogP contribution is -2.49. The molecule has 2 aliphatic rings. The van der Waals surface area contributed by atoms with Gasteiger partial charge in [0.25, 0.3) is 5.91 Å². The van der Waals surface area contributed by atoms with Gasteiger partial charge in [0.15, 0.2) is 0 Å². The number of methoxy groups -OCH3 is 1. The fraction of sp³-hybridized carbons (Fsp3) is 0.421. The fourth-order valence-electron chi connectivity index (χ4n) is 4.46. The fourth-order valence-corrected chi connectivity index (χ4v) is 5.51. The number of ether oxygens (including phenoxy) is 1. The summed E-state index contributed by atoms with van der Waals surface area (Å²) in [5, 5.41) is 8.97. The molecule has 4 nitrogen and oxygen atoms in total. The Labute approximate surface area is 156 Å². The molecule has 1 aromatic carbocycles. The van der Waals surface area contributed by atoms with E-state index in [0.29, 0.717) is 9.90 Å². The minimum absolute atomic E-state index is 0.0478. The lowest BCUT2D eigenvalue weighted by molar-refractivity contribution is 0.00401. The molecule has 0 bridgehead atoms. The van der Waals surface area contributed by atoms with Crippen molar-refractivity contribution in [3.63, 3.8) is 0 Å². The Balaban J connectivity index is 1.72. The molecule has 1 aliphatic heterocycles. The molecule has 0 unspecified atom stereocenters. The summed E-state index contributed by atoms with van der Waals surface area (Å²) in [5.74, 6) is -0.132. The van der Waals surface area contributed by atoms with E-state index in [9.17, 15) is 4.79 Å². The average molecular weight is 377 g/mol. The van der Waals surface area contributed by atoms with E-state index in [2.05, 4.69) is 28.8 Å². The molecule has 2 heterocycles. The van der Waals surface area contributed by atoms with Gasteiger partial charge in [-0.25, -0.2) is 0 Å². The maximum absolute atomic E-state index is 12.8. The van der Waals surface area contributed by atoms with E-state index < -0.39 is 0 Å². The van der Waals surface area contributed by atoms with Gasteiger partial charge in [-0.15, -0.1) is 11.3 Å². The molecule has 0 saturated carbocycles. The van der Waals surface area contributed by atoms with Crippen LogP contribution in [0.15, 0.2) is 35.7 Å². The van der Waals surface area contributed by atoms with Crippen molar-refractivity contribution in [1.29, 1.82) is 0 Å². The third-order valence-corrected chi connectivity index (χ3v) is 6.88. The van der Waals surface area contributed by atoms with Gasteiger partial charge < -0.3 is 15.4 Å². The number of piperidine rings is 1. The maximum atomic E-state index is 12.8. The summed E-state index contributed by atoms with van der Waals surface area (Å²) in [4.78, 5) is 13.3. The number of halogens is 1. The van der Waals surface area contributed by atoms with Crippen LogP contribution in [0.3, 0.4) is 0 Å². The van der Waals surface area contributed by atoms with Crippen molar-refractivity contribution in [2.75, 3.05) is 20.2 Å². The highest BCUT2D eigenvalue weighted by Crippen LogP contribution is 2.51. The Morgan fingerprint density at radius 2 is 2.08 bits per heavy atom. The van der Waals surface area contributed by atoms with E-state index in [1.54, 1.807) is 13.2 Å². The van der Waals surface area contributed by atoms with Crippen LogP contribution in [0.25, 0.3) is 0 Å². The molecule has 1 amide bonds. The number of thiophene rings is 1. The molecule has 1 aromatic heterocycles. The molecule has 0 radical (unpaired) electrons. The van der Waals surface area contributed by atoms with Crippen LogP contribution in [-0.4, -0.2) is 32.2 Å². The molecule has 132 valence electrons. The standard InChI is InChI=1S/C19H21ClN2O2S/c1-24-17-15(22-18(23)16-14(20)6-11-25-16)12-4-2-3-5-13(12)19(17)7-9-21-10-8-19/h2-6,11,15,17,21H,7-10H2,1H3,(H,22,23)/t15-,17+/m1/s1. The van der Waals surface area contributed by atoms with Crippen molar-refractivity contribution in [3.05, 3.63) is 56.7 Å². The number of carbonyl (C=O) groups is 1. The summed E-state index contributed by atoms with van der Waals surface area (Å²) in [6, 6.07) is 10.0. The number of benzene rings is 1. The first-order valence-corrected chi connectivity index (χ1v) is 9.80. The summed E-state index contributed by atoms with van der Waals surface area (Å²) in [7, 11) is 1.75. The number of nitrogens with one attached hydrogen (secondary N) is 2. The zero-order valence-corrected chi connectivity index (χ0v) is 15.6. The topological polar surface area (TPSA) is 50.4 Å². The molecule has 2 aromatic rings. The smallest absolute Gasteiger partial charge is 0.263 e. The number of hydrogen-bond donors (Lipinski definition) is 2. The lowest BCUT2D eigenvalue weighted by Gasteiger charge is -2.40. The first kappa shape index (κ1) is 17.0.